The van der Waals surface area contributed by atoms with Crippen LogP contribution >= 0.6 is 0 Å². The summed E-state index contributed by atoms with van der Waals surface area (Å²) in [6.07, 6.45) is 1.60. The van der Waals surface area contributed by atoms with Gasteiger partial charge in [-0.25, -0.2) is 23.1 Å². The van der Waals surface area contributed by atoms with Gasteiger partial charge in [-0.3, -0.25) is 0 Å². The van der Waals surface area contributed by atoms with Crippen molar-refractivity contribution in [1.82, 2.24) is 14.7 Å². The van der Waals surface area contributed by atoms with Crippen molar-refractivity contribution in [3.63, 3.8) is 0 Å². The summed E-state index contributed by atoms with van der Waals surface area (Å²) < 4.78 is 26.8. The van der Waals surface area contributed by atoms with Gasteiger partial charge in [0.05, 0.1) is 17.1 Å². The molecule has 0 aliphatic heterocycles. The van der Waals surface area contributed by atoms with Gasteiger partial charge >= 0.3 is 0 Å². The van der Waals surface area contributed by atoms with Crippen LogP contribution in [0.15, 0.2) is 35.4 Å². The van der Waals surface area contributed by atoms with Gasteiger partial charge < -0.3 is 5.73 Å². The van der Waals surface area contributed by atoms with Crippen molar-refractivity contribution in [3.8, 4) is 0 Å². The van der Waals surface area contributed by atoms with Crippen LogP contribution in [0.5, 0.6) is 0 Å². The molecule has 1 heterocycles. The van der Waals surface area contributed by atoms with Gasteiger partial charge in [0.2, 0.25) is 10.0 Å². The van der Waals surface area contributed by atoms with Crippen LogP contribution in [0, 0.1) is 13.8 Å². The summed E-state index contributed by atoms with van der Waals surface area (Å²) in [6.45, 7) is 3.64. The number of nitrogens with two attached hydrogens (primary N) is 1. The van der Waals surface area contributed by atoms with Crippen molar-refractivity contribution in [2.75, 3.05) is 5.73 Å². The third-order valence-electron chi connectivity index (χ3n) is 2.83. The van der Waals surface area contributed by atoms with Gasteiger partial charge in [0.15, 0.2) is 0 Å². The van der Waals surface area contributed by atoms with E-state index in [1.807, 2.05) is 0 Å². The smallest absolute Gasteiger partial charge is 0.240 e. The Morgan fingerprint density at radius 2 is 2.00 bits per heavy atom. The van der Waals surface area contributed by atoms with Gasteiger partial charge in [-0.05, 0) is 43.7 Å². The Hall–Kier alpha value is -1.99. The highest BCUT2D eigenvalue weighted by Crippen LogP contribution is 2.16. The van der Waals surface area contributed by atoms with Gasteiger partial charge in [0.25, 0.3) is 0 Å². The van der Waals surface area contributed by atoms with E-state index in [0.717, 1.165) is 5.56 Å². The summed E-state index contributed by atoms with van der Waals surface area (Å²) >= 11 is 0. The van der Waals surface area contributed by atoms with Crippen LogP contribution in [-0.4, -0.2) is 18.4 Å². The molecule has 20 heavy (non-hydrogen) atoms. The molecule has 0 saturated heterocycles. The van der Waals surface area contributed by atoms with E-state index >= 15 is 0 Å². The first-order chi connectivity index (χ1) is 9.38. The molecule has 106 valence electrons. The molecule has 7 heteroatoms. The van der Waals surface area contributed by atoms with Crippen molar-refractivity contribution in [3.05, 3.63) is 47.5 Å². The fraction of sp³-hybridized carbons (Fsp3) is 0.231. The van der Waals surface area contributed by atoms with Crippen LogP contribution in [-0.2, 0) is 16.6 Å². The second-order valence-electron chi connectivity index (χ2n) is 4.44. The SMILES string of the molecule is Cc1nccc(CNS(=O)(=O)c2ccc(N)c(C)c2)n1. The van der Waals surface area contributed by atoms with Gasteiger partial charge in [0, 0.05) is 11.9 Å². The summed E-state index contributed by atoms with van der Waals surface area (Å²) in [6, 6.07) is 6.28. The minimum Gasteiger partial charge on any atom is -0.399 e. The number of rotatable bonds is 4. The highest BCUT2D eigenvalue weighted by molar-refractivity contribution is 7.89. The molecule has 0 radical (unpaired) electrons. The van der Waals surface area contributed by atoms with Crippen molar-refractivity contribution in [2.45, 2.75) is 25.3 Å². The number of nitrogen functional groups attached to an aromatic ring is 1. The van der Waals surface area contributed by atoms with E-state index in [-0.39, 0.29) is 11.4 Å². The molecular weight excluding hydrogens is 276 g/mol. The number of benzene rings is 1. The number of anilines is 1. The Bertz CT molecular complexity index is 729. The topological polar surface area (TPSA) is 98.0 Å². The van der Waals surface area contributed by atoms with Crippen LogP contribution in [0.25, 0.3) is 0 Å². The average Bonchev–Trinajstić information content (AvgIpc) is 2.40. The molecule has 2 aromatic rings. The van der Waals surface area contributed by atoms with Crippen LogP contribution in [0.3, 0.4) is 0 Å². The van der Waals surface area contributed by atoms with Crippen molar-refractivity contribution < 1.29 is 8.42 Å². The predicted molar refractivity (Wildman–Crippen MR) is 76.4 cm³/mol. The lowest BCUT2D eigenvalue weighted by molar-refractivity contribution is 0.580. The van der Waals surface area contributed by atoms with Crippen LogP contribution in [0.2, 0.25) is 0 Å². The van der Waals surface area contributed by atoms with E-state index in [1.165, 1.54) is 6.07 Å². The summed E-state index contributed by atoms with van der Waals surface area (Å²) in [4.78, 5) is 8.29. The molecular formula is C13H16N4O2S. The molecule has 3 N–H and O–H groups in total. The average molecular weight is 292 g/mol. The Morgan fingerprint density at radius 3 is 2.65 bits per heavy atom. The number of hydrogen-bond acceptors (Lipinski definition) is 5. The molecule has 0 saturated carbocycles. The number of sulfonamides is 1. The van der Waals surface area contributed by atoms with E-state index in [9.17, 15) is 8.42 Å². The number of nitrogens with one attached hydrogen (secondary N) is 1. The molecule has 2 rings (SSSR count). The Labute approximate surface area is 118 Å². The first-order valence-electron chi connectivity index (χ1n) is 6.03. The van der Waals surface area contributed by atoms with E-state index in [2.05, 4.69) is 14.7 Å². The summed E-state index contributed by atoms with van der Waals surface area (Å²) in [5.41, 5.74) is 7.59. The molecule has 1 aromatic heterocycles. The maximum atomic E-state index is 12.2. The molecule has 6 nitrogen and oxygen atoms in total. The third kappa shape index (κ3) is 3.31. The summed E-state index contributed by atoms with van der Waals surface area (Å²) in [5, 5.41) is 0. The lowest BCUT2D eigenvalue weighted by Gasteiger charge is -2.08. The second kappa shape index (κ2) is 5.56. The molecule has 0 aliphatic carbocycles. The minimum atomic E-state index is -3.58. The standard InChI is InChI=1S/C13H16N4O2S/c1-9-7-12(3-4-13(9)14)20(18,19)16-8-11-5-6-15-10(2)17-11/h3-7,16H,8,14H2,1-2H3. The van der Waals surface area contributed by atoms with Crippen LogP contribution in [0.4, 0.5) is 5.69 Å². The van der Waals surface area contributed by atoms with Crippen molar-refractivity contribution in [2.24, 2.45) is 0 Å². The monoisotopic (exact) mass is 292 g/mol. The largest absolute Gasteiger partial charge is 0.399 e. The first-order valence-corrected chi connectivity index (χ1v) is 7.51. The van der Waals surface area contributed by atoms with Gasteiger partial charge in [0.1, 0.15) is 5.82 Å². The normalized spacial score (nSPS) is 11.5. The van der Waals surface area contributed by atoms with E-state index < -0.39 is 10.0 Å². The fourth-order valence-corrected chi connectivity index (χ4v) is 2.75. The molecule has 1 aromatic carbocycles. The first kappa shape index (κ1) is 14.4. The molecule has 0 atom stereocenters. The highest BCUT2D eigenvalue weighted by Gasteiger charge is 2.14. The van der Waals surface area contributed by atoms with E-state index in [0.29, 0.717) is 17.2 Å². The number of nitrogens with zero attached hydrogens (tertiary/aromatic N) is 2. The van der Waals surface area contributed by atoms with Gasteiger partial charge in [-0.1, -0.05) is 0 Å². The van der Waals surface area contributed by atoms with E-state index in [1.54, 1.807) is 38.2 Å². The number of aryl methyl sites for hydroxylation is 2. The zero-order chi connectivity index (χ0) is 14.8. The highest BCUT2D eigenvalue weighted by atomic mass is 32.2. The van der Waals surface area contributed by atoms with E-state index in [4.69, 9.17) is 5.73 Å². The molecule has 0 spiro atoms. The van der Waals surface area contributed by atoms with Crippen molar-refractivity contribution >= 4 is 15.7 Å². The molecule has 0 bridgehead atoms. The second-order valence-corrected chi connectivity index (χ2v) is 6.21. The maximum absolute atomic E-state index is 12.2. The predicted octanol–water partition coefficient (Wildman–Crippen LogP) is 1.15. The number of aromatic nitrogens is 2. The zero-order valence-electron chi connectivity index (χ0n) is 11.3. The fourth-order valence-electron chi connectivity index (χ4n) is 1.67. The van der Waals surface area contributed by atoms with Gasteiger partial charge in [-0.2, -0.15) is 0 Å². The lowest BCUT2D eigenvalue weighted by atomic mass is 10.2. The van der Waals surface area contributed by atoms with Crippen LogP contribution in [0.1, 0.15) is 17.1 Å². The van der Waals surface area contributed by atoms with Gasteiger partial charge in [-0.15, -0.1) is 0 Å². The molecule has 0 unspecified atom stereocenters. The van der Waals surface area contributed by atoms with Crippen LogP contribution < -0.4 is 10.5 Å². The molecule has 0 fully saturated rings. The molecule has 0 amide bonds. The summed E-state index contributed by atoms with van der Waals surface area (Å²) in [7, 11) is -3.58. The maximum Gasteiger partial charge on any atom is 0.240 e. The summed E-state index contributed by atoms with van der Waals surface area (Å²) in [5.74, 6) is 0.602. The zero-order valence-corrected chi connectivity index (χ0v) is 12.1. The molecule has 0 aliphatic rings. The minimum absolute atomic E-state index is 0.120. The number of hydrogen-bond donors (Lipinski definition) is 2. The van der Waals surface area contributed by atoms with Crippen molar-refractivity contribution in [1.29, 1.82) is 0 Å². The Balaban J connectivity index is 2.17. The quantitative estimate of drug-likeness (QED) is 0.824. The Kier molecular flexibility index (Phi) is 4.01. The Morgan fingerprint density at radius 1 is 1.25 bits per heavy atom. The third-order valence-corrected chi connectivity index (χ3v) is 4.23. The lowest BCUT2D eigenvalue weighted by Crippen LogP contribution is -2.24.